The first-order valence-corrected chi connectivity index (χ1v) is 10.2. The second-order valence-corrected chi connectivity index (χ2v) is 8.08. The summed E-state index contributed by atoms with van der Waals surface area (Å²) < 4.78 is 5.88. The molecule has 7 nitrogen and oxygen atoms in total. The quantitative estimate of drug-likeness (QED) is 0.836. The molecule has 4 rings (SSSR count). The minimum atomic E-state index is -0.680. The number of carbonyl (C=O) groups is 1. The Balaban J connectivity index is 1.61. The number of nitrogens with zero attached hydrogens (tertiary/aromatic N) is 3. The summed E-state index contributed by atoms with van der Waals surface area (Å²) in [7, 11) is 0. The monoisotopic (exact) mass is 384 g/mol. The van der Waals surface area contributed by atoms with E-state index in [0.29, 0.717) is 12.8 Å². The number of ether oxygens (including phenoxy) is 1. The van der Waals surface area contributed by atoms with Crippen LogP contribution < -0.4 is 10.2 Å². The Morgan fingerprint density at radius 3 is 2.29 bits per heavy atom. The Kier molecular flexibility index (Phi) is 5.35. The van der Waals surface area contributed by atoms with Gasteiger partial charge in [-0.1, -0.05) is 12.1 Å². The van der Waals surface area contributed by atoms with Crippen LogP contribution in [-0.4, -0.2) is 52.4 Å². The van der Waals surface area contributed by atoms with Gasteiger partial charge in [-0.2, -0.15) is 0 Å². The van der Waals surface area contributed by atoms with Gasteiger partial charge in [0.25, 0.3) is 0 Å². The fourth-order valence-electron chi connectivity index (χ4n) is 4.34. The number of aromatic nitrogens is 2. The molecule has 0 spiro atoms. The number of aliphatic carboxylic acids is 1. The molecular formula is C21H28N4O3. The second kappa shape index (κ2) is 7.91. The highest BCUT2D eigenvalue weighted by Gasteiger charge is 2.29. The van der Waals surface area contributed by atoms with Crippen LogP contribution in [0.5, 0.6) is 0 Å². The van der Waals surface area contributed by atoms with E-state index >= 15 is 0 Å². The van der Waals surface area contributed by atoms with E-state index in [9.17, 15) is 9.90 Å². The molecule has 1 aliphatic heterocycles. The van der Waals surface area contributed by atoms with Crippen LogP contribution in [-0.2, 0) is 9.53 Å². The lowest BCUT2D eigenvalue weighted by Gasteiger charge is -2.37. The standard InChI is InChI=1S/C21H28N4O3/c1-13-11-25(12-14(2)28-13)20-19(23-17-5-3-4-6-18(17)24-20)22-16-9-7-15(8-10-16)21(26)27/h3-6,13-16H,7-12H2,1-2H3,(H,22,23)(H,26,27). The van der Waals surface area contributed by atoms with Crippen molar-refractivity contribution in [2.24, 2.45) is 5.92 Å². The zero-order chi connectivity index (χ0) is 19.7. The second-order valence-electron chi connectivity index (χ2n) is 8.08. The number of carboxylic acid groups (broad SMARTS) is 1. The van der Waals surface area contributed by atoms with Crippen LogP contribution in [0.3, 0.4) is 0 Å². The SMILES string of the molecule is CC1CN(c2nc3ccccc3nc2NC2CCC(C(=O)O)CC2)CC(C)O1. The molecule has 2 heterocycles. The Bertz CT molecular complexity index is 841. The van der Waals surface area contributed by atoms with Gasteiger partial charge in [0.05, 0.1) is 29.2 Å². The average molecular weight is 384 g/mol. The zero-order valence-corrected chi connectivity index (χ0v) is 16.5. The predicted octanol–water partition coefficient (Wildman–Crippen LogP) is 3.30. The van der Waals surface area contributed by atoms with Gasteiger partial charge in [-0.15, -0.1) is 0 Å². The minimum Gasteiger partial charge on any atom is -0.481 e. The third-order valence-corrected chi connectivity index (χ3v) is 5.69. The maximum absolute atomic E-state index is 11.2. The lowest BCUT2D eigenvalue weighted by molar-refractivity contribution is -0.142. The normalized spacial score (nSPS) is 28.3. The molecule has 28 heavy (non-hydrogen) atoms. The van der Waals surface area contributed by atoms with E-state index in [1.807, 2.05) is 24.3 Å². The number of fused-ring (bicyclic) bond motifs is 1. The van der Waals surface area contributed by atoms with E-state index < -0.39 is 5.97 Å². The number of rotatable bonds is 4. The van der Waals surface area contributed by atoms with Crippen molar-refractivity contribution >= 4 is 28.6 Å². The van der Waals surface area contributed by atoms with Gasteiger partial charge >= 0.3 is 5.97 Å². The van der Waals surface area contributed by atoms with Crippen LogP contribution in [0.2, 0.25) is 0 Å². The zero-order valence-electron chi connectivity index (χ0n) is 16.5. The van der Waals surface area contributed by atoms with Crippen molar-refractivity contribution in [3.05, 3.63) is 24.3 Å². The first kappa shape index (κ1) is 18.9. The first-order chi connectivity index (χ1) is 13.5. The number of hydrogen-bond acceptors (Lipinski definition) is 6. The van der Waals surface area contributed by atoms with E-state index in [0.717, 1.165) is 48.6 Å². The highest BCUT2D eigenvalue weighted by atomic mass is 16.5. The van der Waals surface area contributed by atoms with Crippen molar-refractivity contribution < 1.29 is 14.6 Å². The molecule has 1 saturated carbocycles. The molecule has 150 valence electrons. The van der Waals surface area contributed by atoms with Crippen LogP contribution in [0.4, 0.5) is 11.6 Å². The lowest BCUT2D eigenvalue weighted by atomic mass is 9.86. The molecule has 0 bridgehead atoms. The molecule has 0 amide bonds. The largest absolute Gasteiger partial charge is 0.481 e. The number of hydrogen-bond donors (Lipinski definition) is 2. The Morgan fingerprint density at radius 1 is 1.07 bits per heavy atom. The van der Waals surface area contributed by atoms with Crippen molar-refractivity contribution in [3.8, 4) is 0 Å². The summed E-state index contributed by atoms with van der Waals surface area (Å²) >= 11 is 0. The Morgan fingerprint density at radius 2 is 1.68 bits per heavy atom. The topological polar surface area (TPSA) is 87.6 Å². The smallest absolute Gasteiger partial charge is 0.306 e. The van der Waals surface area contributed by atoms with Crippen LogP contribution in [0.15, 0.2) is 24.3 Å². The Labute approximate surface area is 165 Å². The summed E-state index contributed by atoms with van der Waals surface area (Å²) in [5, 5.41) is 12.8. The van der Waals surface area contributed by atoms with Gasteiger partial charge in [-0.3, -0.25) is 4.79 Å². The van der Waals surface area contributed by atoms with Crippen LogP contribution in [0, 0.1) is 5.92 Å². The van der Waals surface area contributed by atoms with Crippen molar-refractivity contribution in [3.63, 3.8) is 0 Å². The summed E-state index contributed by atoms with van der Waals surface area (Å²) in [6.07, 6.45) is 3.35. The molecule has 1 saturated heterocycles. The van der Waals surface area contributed by atoms with Crippen molar-refractivity contribution in [1.82, 2.24) is 9.97 Å². The van der Waals surface area contributed by atoms with Crippen LogP contribution in [0.25, 0.3) is 11.0 Å². The van der Waals surface area contributed by atoms with Gasteiger partial charge in [-0.25, -0.2) is 9.97 Å². The molecule has 0 radical (unpaired) electrons. The fraction of sp³-hybridized carbons (Fsp3) is 0.571. The highest BCUT2D eigenvalue weighted by Crippen LogP contribution is 2.31. The Hall–Kier alpha value is -2.41. The molecule has 1 aromatic carbocycles. The summed E-state index contributed by atoms with van der Waals surface area (Å²) in [6.45, 7) is 5.71. The van der Waals surface area contributed by atoms with E-state index in [2.05, 4.69) is 24.1 Å². The van der Waals surface area contributed by atoms with Gasteiger partial charge < -0.3 is 20.1 Å². The summed E-state index contributed by atoms with van der Waals surface area (Å²) in [6, 6.07) is 8.13. The lowest BCUT2D eigenvalue weighted by Crippen LogP contribution is -2.46. The molecule has 2 unspecified atom stereocenters. The minimum absolute atomic E-state index is 0.135. The van der Waals surface area contributed by atoms with Gasteiger partial charge in [-0.05, 0) is 51.7 Å². The van der Waals surface area contributed by atoms with E-state index in [4.69, 9.17) is 14.7 Å². The maximum Gasteiger partial charge on any atom is 0.306 e. The number of morpholine rings is 1. The third-order valence-electron chi connectivity index (χ3n) is 5.69. The molecule has 2 atom stereocenters. The van der Waals surface area contributed by atoms with E-state index in [1.165, 1.54) is 0 Å². The number of para-hydroxylation sites is 2. The summed E-state index contributed by atoms with van der Waals surface area (Å²) in [5.74, 6) is 0.752. The van der Waals surface area contributed by atoms with Crippen molar-refractivity contribution in [1.29, 1.82) is 0 Å². The third kappa shape index (κ3) is 4.04. The van der Waals surface area contributed by atoms with Gasteiger partial charge in [0.15, 0.2) is 11.6 Å². The number of carboxylic acids is 1. The van der Waals surface area contributed by atoms with Gasteiger partial charge in [0.2, 0.25) is 0 Å². The predicted molar refractivity (Wildman–Crippen MR) is 109 cm³/mol. The fourth-order valence-corrected chi connectivity index (χ4v) is 4.34. The number of nitrogens with one attached hydrogen (secondary N) is 1. The van der Waals surface area contributed by atoms with Gasteiger partial charge in [0, 0.05) is 19.1 Å². The van der Waals surface area contributed by atoms with E-state index in [1.54, 1.807) is 0 Å². The van der Waals surface area contributed by atoms with Crippen molar-refractivity contribution in [2.75, 3.05) is 23.3 Å². The maximum atomic E-state index is 11.2. The molecule has 2 fully saturated rings. The molecular weight excluding hydrogens is 356 g/mol. The number of benzene rings is 1. The molecule has 2 N–H and O–H groups in total. The van der Waals surface area contributed by atoms with Crippen LogP contribution in [0.1, 0.15) is 39.5 Å². The highest BCUT2D eigenvalue weighted by molar-refractivity contribution is 5.80. The molecule has 7 heteroatoms. The summed E-state index contributed by atoms with van der Waals surface area (Å²) in [4.78, 5) is 23.3. The van der Waals surface area contributed by atoms with Gasteiger partial charge in [0.1, 0.15) is 0 Å². The molecule has 2 aromatic rings. The molecule has 1 aromatic heterocycles. The first-order valence-electron chi connectivity index (χ1n) is 10.2. The average Bonchev–Trinajstić information content (AvgIpc) is 2.67. The number of anilines is 2. The van der Waals surface area contributed by atoms with Crippen LogP contribution >= 0.6 is 0 Å². The molecule has 1 aliphatic carbocycles. The van der Waals surface area contributed by atoms with Crippen molar-refractivity contribution in [2.45, 2.75) is 57.8 Å². The summed E-state index contributed by atoms with van der Waals surface area (Å²) in [5.41, 5.74) is 1.74. The molecule has 2 aliphatic rings. The van der Waals surface area contributed by atoms with E-state index in [-0.39, 0.29) is 24.2 Å².